The van der Waals surface area contributed by atoms with Gasteiger partial charge in [0.1, 0.15) is 0 Å². The molecule has 2 nitrogen and oxygen atoms in total. The van der Waals surface area contributed by atoms with Crippen LogP contribution in [0, 0.1) is 11.8 Å². The lowest BCUT2D eigenvalue weighted by Crippen LogP contribution is -2.59. The van der Waals surface area contributed by atoms with Crippen molar-refractivity contribution in [1.82, 2.24) is 10.2 Å². The summed E-state index contributed by atoms with van der Waals surface area (Å²) >= 11 is 2.14. The van der Waals surface area contributed by atoms with E-state index in [-0.39, 0.29) is 0 Å². The van der Waals surface area contributed by atoms with Crippen molar-refractivity contribution in [3.05, 3.63) is 0 Å². The first-order valence-electron chi connectivity index (χ1n) is 7.75. The van der Waals surface area contributed by atoms with Crippen LogP contribution in [0.4, 0.5) is 0 Å². The van der Waals surface area contributed by atoms with E-state index >= 15 is 0 Å². The second-order valence-corrected chi connectivity index (χ2v) is 7.56. The average Bonchev–Trinajstić information content (AvgIpc) is 2.39. The molecule has 0 aromatic heterocycles. The number of hydrogen-bond acceptors (Lipinski definition) is 3. The van der Waals surface area contributed by atoms with E-state index in [4.69, 9.17) is 0 Å². The van der Waals surface area contributed by atoms with E-state index in [1.165, 1.54) is 50.4 Å². The van der Waals surface area contributed by atoms with Crippen molar-refractivity contribution >= 4 is 11.8 Å². The van der Waals surface area contributed by atoms with E-state index in [0.29, 0.717) is 0 Å². The fraction of sp³-hybridized carbons (Fsp3) is 1.00. The van der Waals surface area contributed by atoms with E-state index in [9.17, 15) is 0 Å². The van der Waals surface area contributed by atoms with Crippen molar-refractivity contribution in [3.63, 3.8) is 0 Å². The third kappa shape index (κ3) is 3.88. The predicted molar refractivity (Wildman–Crippen MR) is 82.3 cm³/mol. The van der Waals surface area contributed by atoms with Crippen LogP contribution in [0.1, 0.15) is 40.0 Å². The molecular formula is C15H30N2S. The van der Waals surface area contributed by atoms with Gasteiger partial charge in [0.2, 0.25) is 0 Å². The Morgan fingerprint density at radius 2 is 2.00 bits per heavy atom. The van der Waals surface area contributed by atoms with Gasteiger partial charge in [-0.1, -0.05) is 20.8 Å². The molecule has 0 spiro atoms. The van der Waals surface area contributed by atoms with Gasteiger partial charge in [-0.2, -0.15) is 11.8 Å². The molecule has 2 heterocycles. The molecule has 1 N–H and O–H groups in total. The lowest BCUT2D eigenvalue weighted by Gasteiger charge is -2.44. The van der Waals surface area contributed by atoms with Crippen molar-refractivity contribution in [1.29, 1.82) is 0 Å². The van der Waals surface area contributed by atoms with E-state index in [2.05, 4.69) is 42.7 Å². The van der Waals surface area contributed by atoms with E-state index in [1.807, 2.05) is 0 Å². The van der Waals surface area contributed by atoms with Gasteiger partial charge in [-0.05, 0) is 42.6 Å². The average molecular weight is 270 g/mol. The van der Waals surface area contributed by atoms with Crippen LogP contribution in [0.2, 0.25) is 0 Å². The summed E-state index contributed by atoms with van der Waals surface area (Å²) in [6.45, 7) is 10.9. The van der Waals surface area contributed by atoms with Crippen molar-refractivity contribution < 1.29 is 0 Å². The van der Waals surface area contributed by atoms with Crippen LogP contribution >= 0.6 is 11.8 Å². The molecule has 0 bridgehead atoms. The molecule has 106 valence electrons. The monoisotopic (exact) mass is 270 g/mol. The van der Waals surface area contributed by atoms with Crippen molar-refractivity contribution in [2.24, 2.45) is 11.8 Å². The Labute approximate surface area is 117 Å². The summed E-state index contributed by atoms with van der Waals surface area (Å²) in [5.74, 6) is 4.51. The predicted octanol–water partition coefficient (Wildman–Crippen LogP) is 2.84. The van der Waals surface area contributed by atoms with Crippen LogP contribution in [0.15, 0.2) is 0 Å². The Hall–Kier alpha value is 0.270. The highest BCUT2D eigenvalue weighted by Gasteiger charge is 2.30. The molecule has 0 saturated carbocycles. The minimum absolute atomic E-state index is 0.720. The van der Waals surface area contributed by atoms with Crippen LogP contribution in [0.25, 0.3) is 0 Å². The second kappa shape index (κ2) is 7.16. The maximum absolute atomic E-state index is 3.72. The smallest absolute Gasteiger partial charge is 0.0244 e. The standard InChI is InChI=1S/C15H30N2S/c1-4-14-11-17(15(9-16-14)12(2)3)10-13-5-7-18-8-6-13/h12-16H,4-11H2,1-3H3. The highest BCUT2D eigenvalue weighted by molar-refractivity contribution is 7.99. The van der Waals surface area contributed by atoms with Gasteiger partial charge in [0.15, 0.2) is 0 Å². The number of nitrogens with one attached hydrogen (secondary N) is 1. The van der Waals surface area contributed by atoms with E-state index in [0.717, 1.165) is 23.9 Å². The second-order valence-electron chi connectivity index (χ2n) is 6.33. The lowest BCUT2D eigenvalue weighted by molar-refractivity contribution is 0.0787. The fourth-order valence-electron chi connectivity index (χ4n) is 3.30. The Morgan fingerprint density at radius 3 is 2.61 bits per heavy atom. The molecule has 0 amide bonds. The van der Waals surface area contributed by atoms with Gasteiger partial charge < -0.3 is 5.32 Å². The van der Waals surface area contributed by atoms with Crippen LogP contribution in [-0.2, 0) is 0 Å². The third-order valence-electron chi connectivity index (χ3n) is 4.64. The molecule has 2 saturated heterocycles. The molecule has 0 aromatic carbocycles. The number of hydrogen-bond donors (Lipinski definition) is 1. The molecule has 2 unspecified atom stereocenters. The van der Waals surface area contributed by atoms with Gasteiger partial charge in [0.25, 0.3) is 0 Å². The summed E-state index contributed by atoms with van der Waals surface area (Å²) in [6.07, 6.45) is 4.15. The topological polar surface area (TPSA) is 15.3 Å². The number of thioether (sulfide) groups is 1. The summed E-state index contributed by atoms with van der Waals surface area (Å²) in [7, 11) is 0. The maximum Gasteiger partial charge on any atom is 0.0244 e. The normalized spacial score (nSPS) is 32.0. The quantitative estimate of drug-likeness (QED) is 0.846. The minimum atomic E-state index is 0.720. The summed E-state index contributed by atoms with van der Waals surface area (Å²) < 4.78 is 0. The molecule has 2 aliphatic rings. The van der Waals surface area contributed by atoms with Crippen molar-refractivity contribution in [3.8, 4) is 0 Å². The first-order valence-corrected chi connectivity index (χ1v) is 8.91. The molecular weight excluding hydrogens is 240 g/mol. The number of nitrogens with zero attached hydrogens (tertiary/aromatic N) is 1. The number of rotatable bonds is 4. The first kappa shape index (κ1) is 14.7. The zero-order valence-corrected chi connectivity index (χ0v) is 13.1. The van der Waals surface area contributed by atoms with Gasteiger partial charge in [0.05, 0.1) is 0 Å². The minimum Gasteiger partial charge on any atom is -0.311 e. The van der Waals surface area contributed by atoms with Gasteiger partial charge in [-0.3, -0.25) is 4.90 Å². The Morgan fingerprint density at radius 1 is 1.28 bits per heavy atom. The van der Waals surface area contributed by atoms with E-state index < -0.39 is 0 Å². The third-order valence-corrected chi connectivity index (χ3v) is 5.68. The summed E-state index contributed by atoms with van der Waals surface area (Å²) in [5, 5.41) is 3.72. The summed E-state index contributed by atoms with van der Waals surface area (Å²) in [6, 6.07) is 1.47. The van der Waals surface area contributed by atoms with Gasteiger partial charge in [-0.15, -0.1) is 0 Å². The largest absolute Gasteiger partial charge is 0.311 e. The van der Waals surface area contributed by atoms with Crippen LogP contribution < -0.4 is 5.32 Å². The SMILES string of the molecule is CCC1CN(CC2CCSCC2)C(C(C)C)CN1. The Bertz CT molecular complexity index is 239. The number of piperazine rings is 1. The molecule has 0 aliphatic carbocycles. The molecule has 2 rings (SSSR count). The Balaban J connectivity index is 1.91. The van der Waals surface area contributed by atoms with E-state index in [1.54, 1.807) is 0 Å². The molecule has 0 radical (unpaired) electrons. The molecule has 2 fully saturated rings. The maximum atomic E-state index is 3.72. The summed E-state index contributed by atoms with van der Waals surface area (Å²) in [5.41, 5.74) is 0. The molecule has 2 aliphatic heterocycles. The first-order chi connectivity index (χ1) is 8.70. The summed E-state index contributed by atoms with van der Waals surface area (Å²) in [4.78, 5) is 2.80. The van der Waals surface area contributed by atoms with Crippen LogP contribution in [0.3, 0.4) is 0 Å². The van der Waals surface area contributed by atoms with Crippen molar-refractivity contribution in [2.75, 3.05) is 31.1 Å². The van der Waals surface area contributed by atoms with Crippen LogP contribution in [0.5, 0.6) is 0 Å². The van der Waals surface area contributed by atoms with Gasteiger partial charge >= 0.3 is 0 Å². The highest BCUT2D eigenvalue weighted by atomic mass is 32.2. The van der Waals surface area contributed by atoms with Gasteiger partial charge in [-0.25, -0.2) is 0 Å². The van der Waals surface area contributed by atoms with Crippen molar-refractivity contribution in [2.45, 2.75) is 52.1 Å². The van der Waals surface area contributed by atoms with Gasteiger partial charge in [0, 0.05) is 31.7 Å². The highest BCUT2D eigenvalue weighted by Crippen LogP contribution is 2.26. The molecule has 18 heavy (non-hydrogen) atoms. The fourth-order valence-corrected chi connectivity index (χ4v) is 4.50. The molecule has 0 aromatic rings. The zero-order chi connectivity index (χ0) is 13.0. The zero-order valence-electron chi connectivity index (χ0n) is 12.3. The van der Waals surface area contributed by atoms with Crippen LogP contribution in [-0.4, -0.2) is 48.1 Å². The molecule has 2 atom stereocenters. The Kier molecular flexibility index (Phi) is 5.84. The molecule has 3 heteroatoms. The lowest BCUT2D eigenvalue weighted by atomic mass is 9.94.